The number of ether oxygens (including phenoxy) is 2. The van der Waals surface area contributed by atoms with Crippen LogP contribution in [0.3, 0.4) is 0 Å². The molecule has 2 amide bonds. The van der Waals surface area contributed by atoms with E-state index in [-0.39, 0.29) is 22.8 Å². The lowest BCUT2D eigenvalue weighted by Crippen LogP contribution is -2.52. The Morgan fingerprint density at radius 2 is 1.50 bits per heavy atom. The van der Waals surface area contributed by atoms with Gasteiger partial charge in [-0.25, -0.2) is 8.42 Å². The van der Waals surface area contributed by atoms with Crippen LogP contribution < -0.4 is 0 Å². The molecular formula is C20H27N3O6S. The van der Waals surface area contributed by atoms with Crippen molar-refractivity contribution in [3.8, 4) is 0 Å². The molecule has 1 aromatic carbocycles. The summed E-state index contributed by atoms with van der Waals surface area (Å²) in [5.74, 6) is -0.146. The van der Waals surface area contributed by atoms with E-state index >= 15 is 0 Å². The average molecular weight is 438 g/mol. The molecule has 30 heavy (non-hydrogen) atoms. The fourth-order valence-corrected chi connectivity index (χ4v) is 5.40. The first-order valence-electron chi connectivity index (χ1n) is 10.3. The summed E-state index contributed by atoms with van der Waals surface area (Å²) in [4.78, 5) is 28.9. The number of piperazine rings is 1. The zero-order valence-corrected chi connectivity index (χ0v) is 17.7. The van der Waals surface area contributed by atoms with E-state index in [0.717, 1.165) is 12.8 Å². The van der Waals surface area contributed by atoms with Crippen molar-refractivity contribution in [1.82, 2.24) is 14.1 Å². The Kier molecular flexibility index (Phi) is 6.37. The normalized spacial score (nSPS) is 23.5. The summed E-state index contributed by atoms with van der Waals surface area (Å²) in [7, 11) is -3.58. The van der Waals surface area contributed by atoms with Crippen molar-refractivity contribution >= 4 is 21.8 Å². The second kappa shape index (κ2) is 9.01. The molecule has 164 valence electrons. The Bertz CT molecular complexity index is 868. The Morgan fingerprint density at radius 1 is 0.867 bits per heavy atom. The maximum Gasteiger partial charge on any atom is 0.253 e. The van der Waals surface area contributed by atoms with Gasteiger partial charge in [0.05, 0.1) is 18.1 Å². The molecular weight excluding hydrogens is 410 g/mol. The van der Waals surface area contributed by atoms with Gasteiger partial charge < -0.3 is 19.3 Å². The molecule has 0 aliphatic carbocycles. The number of hydrogen-bond donors (Lipinski definition) is 0. The van der Waals surface area contributed by atoms with Crippen LogP contribution in [0.15, 0.2) is 29.2 Å². The van der Waals surface area contributed by atoms with Crippen molar-refractivity contribution in [2.75, 3.05) is 59.1 Å². The molecule has 0 aromatic heterocycles. The average Bonchev–Trinajstić information content (AvgIpc) is 3.34. The number of carbonyl (C=O) groups excluding carboxylic acids is 2. The topological polar surface area (TPSA) is 96.5 Å². The largest absolute Gasteiger partial charge is 0.379 e. The summed E-state index contributed by atoms with van der Waals surface area (Å²) in [6, 6.07) is 6.07. The summed E-state index contributed by atoms with van der Waals surface area (Å²) in [5, 5.41) is 0. The highest BCUT2D eigenvalue weighted by atomic mass is 32.2. The monoisotopic (exact) mass is 437 g/mol. The Balaban J connectivity index is 1.35. The van der Waals surface area contributed by atoms with E-state index in [4.69, 9.17) is 9.47 Å². The molecule has 1 atom stereocenters. The molecule has 3 aliphatic rings. The number of nitrogens with zero attached hydrogens (tertiary/aromatic N) is 3. The third-order valence-corrected chi connectivity index (χ3v) is 7.71. The second-order valence-electron chi connectivity index (χ2n) is 7.66. The SMILES string of the molecule is O=C(c1ccc(S(=O)(=O)N2CCOCC2)cc1)N1CCN(C(=O)[C@H]2CCCO2)CC1. The van der Waals surface area contributed by atoms with Crippen LogP contribution in [-0.2, 0) is 24.3 Å². The lowest BCUT2D eigenvalue weighted by molar-refractivity contribution is -0.142. The molecule has 0 bridgehead atoms. The van der Waals surface area contributed by atoms with Crippen molar-refractivity contribution < 1.29 is 27.5 Å². The first kappa shape index (κ1) is 21.2. The van der Waals surface area contributed by atoms with Crippen LogP contribution in [0.2, 0.25) is 0 Å². The van der Waals surface area contributed by atoms with Crippen LogP contribution in [0.25, 0.3) is 0 Å². The number of rotatable bonds is 4. The summed E-state index contributed by atoms with van der Waals surface area (Å²) in [6.07, 6.45) is 1.33. The Morgan fingerprint density at radius 3 is 2.10 bits per heavy atom. The van der Waals surface area contributed by atoms with Crippen molar-refractivity contribution in [1.29, 1.82) is 0 Å². The molecule has 3 aliphatic heterocycles. The highest BCUT2D eigenvalue weighted by Crippen LogP contribution is 2.20. The van der Waals surface area contributed by atoms with E-state index in [2.05, 4.69) is 0 Å². The number of sulfonamides is 1. The van der Waals surface area contributed by atoms with Crippen molar-refractivity contribution in [2.24, 2.45) is 0 Å². The molecule has 4 rings (SSSR count). The van der Waals surface area contributed by atoms with Gasteiger partial charge in [0.2, 0.25) is 10.0 Å². The van der Waals surface area contributed by atoms with E-state index < -0.39 is 10.0 Å². The summed E-state index contributed by atoms with van der Waals surface area (Å²) < 4.78 is 37.5. The quantitative estimate of drug-likeness (QED) is 0.666. The second-order valence-corrected chi connectivity index (χ2v) is 9.60. The lowest BCUT2D eigenvalue weighted by atomic mass is 10.1. The van der Waals surface area contributed by atoms with Gasteiger partial charge in [-0.15, -0.1) is 0 Å². The Hall–Kier alpha value is -2.01. The van der Waals surface area contributed by atoms with E-state index in [1.165, 1.54) is 16.4 Å². The van der Waals surface area contributed by atoms with Gasteiger partial charge in [-0.3, -0.25) is 9.59 Å². The molecule has 10 heteroatoms. The summed E-state index contributed by atoms with van der Waals surface area (Å²) >= 11 is 0. The molecule has 3 saturated heterocycles. The number of morpholine rings is 1. The zero-order valence-electron chi connectivity index (χ0n) is 16.9. The number of benzene rings is 1. The molecule has 1 aromatic rings. The van der Waals surface area contributed by atoms with Gasteiger partial charge in [0, 0.05) is 51.4 Å². The molecule has 0 spiro atoms. The third-order valence-electron chi connectivity index (χ3n) is 5.79. The number of carbonyl (C=O) groups is 2. The van der Waals surface area contributed by atoms with Crippen molar-refractivity contribution in [2.45, 2.75) is 23.8 Å². The number of amides is 2. The van der Waals surface area contributed by atoms with E-state index in [1.807, 2.05) is 0 Å². The maximum absolute atomic E-state index is 12.8. The minimum Gasteiger partial charge on any atom is -0.379 e. The van der Waals surface area contributed by atoms with Crippen molar-refractivity contribution in [3.05, 3.63) is 29.8 Å². The van der Waals surface area contributed by atoms with E-state index in [1.54, 1.807) is 21.9 Å². The highest BCUT2D eigenvalue weighted by Gasteiger charge is 2.32. The van der Waals surface area contributed by atoms with Gasteiger partial charge >= 0.3 is 0 Å². The van der Waals surface area contributed by atoms with Crippen LogP contribution in [0.5, 0.6) is 0 Å². The highest BCUT2D eigenvalue weighted by molar-refractivity contribution is 7.89. The van der Waals surface area contributed by atoms with Gasteiger partial charge in [-0.05, 0) is 37.1 Å². The molecule has 0 saturated carbocycles. The molecule has 3 fully saturated rings. The fourth-order valence-electron chi connectivity index (χ4n) is 3.99. The molecule has 3 heterocycles. The maximum atomic E-state index is 12.8. The van der Waals surface area contributed by atoms with Crippen LogP contribution in [0, 0.1) is 0 Å². The fraction of sp³-hybridized carbons (Fsp3) is 0.600. The minimum atomic E-state index is -3.58. The van der Waals surface area contributed by atoms with Crippen LogP contribution >= 0.6 is 0 Å². The van der Waals surface area contributed by atoms with Crippen LogP contribution in [-0.4, -0.2) is 99.5 Å². The first-order chi connectivity index (χ1) is 14.5. The molecule has 0 unspecified atom stereocenters. The zero-order chi connectivity index (χ0) is 21.1. The lowest BCUT2D eigenvalue weighted by Gasteiger charge is -2.35. The van der Waals surface area contributed by atoms with Crippen molar-refractivity contribution in [3.63, 3.8) is 0 Å². The number of hydrogen-bond acceptors (Lipinski definition) is 6. The molecule has 0 radical (unpaired) electrons. The summed E-state index contributed by atoms with van der Waals surface area (Å²) in [5.41, 5.74) is 0.440. The minimum absolute atomic E-state index is 0.0114. The summed E-state index contributed by atoms with van der Waals surface area (Å²) in [6.45, 7) is 3.92. The van der Waals surface area contributed by atoms with Crippen LogP contribution in [0.4, 0.5) is 0 Å². The van der Waals surface area contributed by atoms with Gasteiger partial charge in [-0.1, -0.05) is 0 Å². The van der Waals surface area contributed by atoms with E-state index in [0.29, 0.717) is 64.7 Å². The Labute approximate surface area is 176 Å². The van der Waals surface area contributed by atoms with E-state index in [9.17, 15) is 18.0 Å². The molecule has 0 N–H and O–H groups in total. The van der Waals surface area contributed by atoms with Gasteiger partial charge in [0.15, 0.2) is 0 Å². The smallest absolute Gasteiger partial charge is 0.253 e. The van der Waals surface area contributed by atoms with Gasteiger partial charge in [0.1, 0.15) is 6.10 Å². The third kappa shape index (κ3) is 4.36. The van der Waals surface area contributed by atoms with Gasteiger partial charge in [0.25, 0.3) is 11.8 Å². The predicted octanol–water partition coefficient (Wildman–Crippen LogP) is 0.171. The standard InChI is InChI=1S/C20H27N3O6S/c24-19(21-7-9-22(10-8-21)20(25)18-2-1-13-29-18)16-3-5-17(6-4-16)30(26,27)23-11-14-28-15-12-23/h3-6,18H,1-2,7-15H2/t18-/m1/s1. The predicted molar refractivity (Wildman–Crippen MR) is 107 cm³/mol. The van der Waals surface area contributed by atoms with Crippen LogP contribution in [0.1, 0.15) is 23.2 Å². The van der Waals surface area contributed by atoms with Gasteiger partial charge in [-0.2, -0.15) is 4.31 Å². The molecule has 9 nitrogen and oxygen atoms in total. The first-order valence-corrected chi connectivity index (χ1v) is 11.8.